The zero-order valence-electron chi connectivity index (χ0n) is 21.0. The van der Waals surface area contributed by atoms with Gasteiger partial charge >= 0.3 is 6.09 Å². The Morgan fingerprint density at radius 3 is 2.24 bits per heavy atom. The van der Waals surface area contributed by atoms with Crippen LogP contribution in [-0.4, -0.2) is 68.9 Å². The molecule has 0 saturated carbocycles. The first kappa shape index (κ1) is 28.5. The molecule has 2 heterocycles. The number of hydrogen-bond donors (Lipinski definition) is 2. The Labute approximate surface area is 231 Å². The summed E-state index contributed by atoms with van der Waals surface area (Å²) in [7, 11) is -7.97. The average molecular weight is 604 g/mol. The van der Waals surface area contributed by atoms with Crippen LogP contribution in [0.15, 0.2) is 52.4 Å². The van der Waals surface area contributed by atoms with Gasteiger partial charge in [0.15, 0.2) is 0 Å². The monoisotopic (exact) mass is 602 g/mol. The van der Waals surface area contributed by atoms with E-state index in [9.17, 15) is 21.6 Å². The summed E-state index contributed by atoms with van der Waals surface area (Å²) in [5, 5.41) is 1.20. The molecular formula is C24H28Cl2N4O6S2. The minimum absolute atomic E-state index is 0.0489. The molecule has 0 atom stereocenters. The quantitative estimate of drug-likeness (QED) is 0.427. The maximum Gasteiger partial charge on any atom is 0.410 e. The number of halogens is 2. The van der Waals surface area contributed by atoms with E-state index in [2.05, 4.69) is 9.71 Å². The van der Waals surface area contributed by atoms with Crippen molar-refractivity contribution < 1.29 is 26.4 Å². The maximum absolute atomic E-state index is 13.3. The van der Waals surface area contributed by atoms with Crippen molar-refractivity contribution in [1.29, 1.82) is 0 Å². The Morgan fingerprint density at radius 2 is 1.58 bits per heavy atom. The Morgan fingerprint density at radius 1 is 0.921 bits per heavy atom. The highest BCUT2D eigenvalue weighted by Crippen LogP contribution is 2.35. The average Bonchev–Trinajstić information content (AvgIpc) is 3.06. The Bertz CT molecular complexity index is 1570. The standard InChI is InChI=1S/C24H28Cl2N4O6S2/c1-24(2,3)36-23(31)29-11-4-12-30(14-13-29)38(34,35)17-7-5-16(6-8-17)37(32,33)28-20-10-9-18(25)21-19(26)15-27-22(20)21/h5-10,15,27-28H,4,11-14H2,1-3H3. The second kappa shape index (κ2) is 10.6. The first-order valence-electron chi connectivity index (χ1n) is 11.7. The molecular weight excluding hydrogens is 575 g/mol. The van der Waals surface area contributed by atoms with E-state index in [4.69, 9.17) is 27.9 Å². The fourth-order valence-electron chi connectivity index (χ4n) is 4.04. The van der Waals surface area contributed by atoms with Crippen molar-refractivity contribution in [2.45, 2.75) is 42.6 Å². The van der Waals surface area contributed by atoms with E-state index < -0.39 is 31.7 Å². The van der Waals surface area contributed by atoms with Gasteiger partial charge in [-0.25, -0.2) is 21.6 Å². The Hall–Kier alpha value is -2.51. The van der Waals surface area contributed by atoms with Crippen molar-refractivity contribution in [2.24, 2.45) is 0 Å². The van der Waals surface area contributed by atoms with E-state index in [0.717, 1.165) is 0 Å². The van der Waals surface area contributed by atoms with Gasteiger partial charge in [0, 0.05) is 37.8 Å². The van der Waals surface area contributed by atoms with Crippen LogP contribution in [-0.2, 0) is 24.8 Å². The largest absolute Gasteiger partial charge is 0.444 e. The minimum atomic E-state index is -4.06. The highest BCUT2D eigenvalue weighted by Gasteiger charge is 2.30. The third-order valence-electron chi connectivity index (χ3n) is 5.86. The van der Waals surface area contributed by atoms with Crippen LogP contribution in [0.4, 0.5) is 10.5 Å². The number of carbonyl (C=O) groups is 1. The van der Waals surface area contributed by atoms with Gasteiger partial charge in [-0.05, 0) is 63.6 Å². The van der Waals surface area contributed by atoms with Gasteiger partial charge in [0.1, 0.15) is 5.60 Å². The van der Waals surface area contributed by atoms with Gasteiger partial charge in [0.25, 0.3) is 10.0 Å². The van der Waals surface area contributed by atoms with E-state index in [0.29, 0.717) is 33.9 Å². The zero-order chi connectivity index (χ0) is 27.9. The summed E-state index contributed by atoms with van der Waals surface area (Å²) in [5.74, 6) is 0. The van der Waals surface area contributed by atoms with E-state index in [-0.39, 0.29) is 35.1 Å². The molecule has 0 unspecified atom stereocenters. The predicted molar refractivity (Wildman–Crippen MR) is 147 cm³/mol. The Balaban J connectivity index is 1.49. The lowest BCUT2D eigenvalue weighted by Crippen LogP contribution is -2.40. The molecule has 14 heteroatoms. The maximum atomic E-state index is 13.3. The molecule has 3 aromatic rings. The van der Waals surface area contributed by atoms with Crippen molar-refractivity contribution in [1.82, 2.24) is 14.2 Å². The van der Waals surface area contributed by atoms with Gasteiger partial charge in [-0.15, -0.1) is 0 Å². The molecule has 1 aliphatic rings. The fraction of sp³-hybridized carbons (Fsp3) is 0.375. The highest BCUT2D eigenvalue weighted by atomic mass is 35.5. The summed E-state index contributed by atoms with van der Waals surface area (Å²) in [6.07, 6.45) is 1.46. The van der Waals surface area contributed by atoms with Gasteiger partial charge < -0.3 is 14.6 Å². The van der Waals surface area contributed by atoms with Crippen molar-refractivity contribution in [3.63, 3.8) is 0 Å². The van der Waals surface area contributed by atoms with E-state index in [1.54, 1.807) is 20.8 Å². The topological polar surface area (TPSA) is 129 Å². The number of benzene rings is 2. The number of carbonyl (C=O) groups excluding carboxylic acids is 1. The summed E-state index contributed by atoms with van der Waals surface area (Å²) in [6.45, 7) is 6.17. The van der Waals surface area contributed by atoms with Crippen molar-refractivity contribution >= 4 is 65.9 Å². The van der Waals surface area contributed by atoms with Crippen LogP contribution in [0.1, 0.15) is 27.2 Å². The number of rotatable bonds is 5. The number of nitrogens with zero attached hydrogens (tertiary/aromatic N) is 2. The van der Waals surface area contributed by atoms with Gasteiger partial charge in [0.05, 0.1) is 31.0 Å². The molecule has 0 aliphatic carbocycles. The van der Waals surface area contributed by atoms with E-state index in [1.807, 2.05) is 0 Å². The van der Waals surface area contributed by atoms with Gasteiger partial charge in [-0.2, -0.15) is 4.31 Å². The number of aromatic amines is 1. The van der Waals surface area contributed by atoms with Crippen molar-refractivity contribution in [3.8, 4) is 0 Å². The molecule has 1 aromatic heterocycles. The molecule has 0 spiro atoms. The van der Waals surface area contributed by atoms with Crippen molar-refractivity contribution in [2.75, 3.05) is 30.9 Å². The number of nitrogens with one attached hydrogen (secondary N) is 2. The second-order valence-electron chi connectivity index (χ2n) is 9.78. The normalized spacial score (nSPS) is 15.9. The molecule has 0 bridgehead atoms. The van der Waals surface area contributed by atoms with Crippen LogP contribution in [0.25, 0.3) is 10.9 Å². The number of hydrogen-bond acceptors (Lipinski definition) is 6. The number of sulfonamides is 2. The Kier molecular flexibility index (Phi) is 7.93. The lowest BCUT2D eigenvalue weighted by molar-refractivity contribution is 0.0260. The summed E-state index contributed by atoms with van der Waals surface area (Å²) in [6, 6.07) is 8.01. The van der Waals surface area contributed by atoms with Crippen molar-refractivity contribution in [3.05, 3.63) is 52.6 Å². The zero-order valence-corrected chi connectivity index (χ0v) is 24.1. The lowest BCUT2D eigenvalue weighted by Gasteiger charge is -2.26. The van der Waals surface area contributed by atoms with Crippen LogP contribution in [0.3, 0.4) is 0 Å². The van der Waals surface area contributed by atoms with Crippen LogP contribution in [0, 0.1) is 0 Å². The molecule has 2 N–H and O–H groups in total. The molecule has 38 heavy (non-hydrogen) atoms. The summed E-state index contributed by atoms with van der Waals surface area (Å²) in [4.78, 5) is 16.6. The van der Waals surface area contributed by atoms with Gasteiger partial charge in [0.2, 0.25) is 10.0 Å². The van der Waals surface area contributed by atoms with Crippen LogP contribution < -0.4 is 4.72 Å². The molecule has 206 valence electrons. The molecule has 1 fully saturated rings. The second-order valence-corrected chi connectivity index (χ2v) is 14.2. The molecule has 0 radical (unpaired) electrons. The number of fused-ring (bicyclic) bond motifs is 1. The minimum Gasteiger partial charge on any atom is -0.444 e. The smallest absolute Gasteiger partial charge is 0.410 e. The predicted octanol–water partition coefficient (Wildman–Crippen LogP) is 4.91. The van der Waals surface area contributed by atoms with E-state index >= 15 is 0 Å². The number of anilines is 1. The number of aromatic nitrogens is 1. The molecule has 1 aliphatic heterocycles. The van der Waals surface area contributed by atoms with Crippen LogP contribution in [0.5, 0.6) is 0 Å². The molecule has 1 saturated heterocycles. The number of ether oxygens (including phenoxy) is 1. The number of H-pyrrole nitrogens is 1. The van der Waals surface area contributed by atoms with Crippen LogP contribution >= 0.6 is 23.2 Å². The third-order valence-corrected chi connectivity index (χ3v) is 9.77. The van der Waals surface area contributed by atoms with Gasteiger partial charge in [-0.1, -0.05) is 23.2 Å². The molecule has 1 amide bonds. The third kappa shape index (κ3) is 6.04. The highest BCUT2D eigenvalue weighted by molar-refractivity contribution is 7.92. The first-order chi connectivity index (χ1) is 17.7. The fourth-order valence-corrected chi connectivity index (χ4v) is 7.14. The van der Waals surface area contributed by atoms with E-state index in [1.165, 1.54) is 51.8 Å². The molecule has 2 aromatic carbocycles. The SMILES string of the molecule is CC(C)(C)OC(=O)N1CCCN(S(=O)(=O)c2ccc(S(=O)(=O)Nc3ccc(Cl)c4c(Cl)c[nH]c34)cc2)CC1. The number of amides is 1. The summed E-state index contributed by atoms with van der Waals surface area (Å²) < 4.78 is 61.8. The first-order valence-corrected chi connectivity index (χ1v) is 15.4. The van der Waals surface area contributed by atoms with Gasteiger partial charge in [-0.3, -0.25) is 4.72 Å². The molecule has 4 rings (SSSR count). The summed E-state index contributed by atoms with van der Waals surface area (Å²) in [5.41, 5.74) is 0.0131. The molecule has 10 nitrogen and oxygen atoms in total. The van der Waals surface area contributed by atoms with Crippen LogP contribution in [0.2, 0.25) is 10.0 Å². The summed E-state index contributed by atoms with van der Waals surface area (Å²) >= 11 is 12.3. The lowest BCUT2D eigenvalue weighted by atomic mass is 10.2.